The van der Waals surface area contributed by atoms with Crippen LogP contribution in [0.4, 0.5) is 0 Å². The molecule has 0 saturated heterocycles. The van der Waals surface area contributed by atoms with Crippen molar-refractivity contribution in [1.82, 2.24) is 5.43 Å². The molecule has 0 heterocycles. The Morgan fingerprint density at radius 2 is 2.44 bits per heavy atom. The minimum absolute atomic E-state index is 0.424. The summed E-state index contributed by atoms with van der Waals surface area (Å²) < 4.78 is 0. The molecule has 0 aliphatic carbocycles. The van der Waals surface area contributed by atoms with E-state index in [2.05, 4.69) is 18.9 Å². The summed E-state index contributed by atoms with van der Waals surface area (Å²) in [7, 11) is 0. The van der Waals surface area contributed by atoms with E-state index in [1.165, 1.54) is 6.42 Å². The lowest BCUT2D eigenvalue weighted by atomic mass is 10.1. The van der Waals surface area contributed by atoms with Gasteiger partial charge in [0.05, 0.1) is 0 Å². The second kappa shape index (κ2) is 5.79. The van der Waals surface area contributed by atoms with E-state index < -0.39 is 0 Å². The fourth-order valence-electron chi connectivity index (χ4n) is 0.819. The summed E-state index contributed by atoms with van der Waals surface area (Å²) in [6, 6.07) is 0.424. The van der Waals surface area contributed by atoms with Crippen LogP contribution in [0, 0.1) is 0 Å². The van der Waals surface area contributed by atoms with Gasteiger partial charge in [0.1, 0.15) is 0 Å². The third-order valence-electron chi connectivity index (χ3n) is 1.32. The van der Waals surface area contributed by atoms with Gasteiger partial charge in [0.15, 0.2) is 0 Å². The van der Waals surface area contributed by atoms with Crippen LogP contribution in [0.15, 0.2) is 12.7 Å². The highest BCUT2D eigenvalue weighted by atomic mass is 15.2. The summed E-state index contributed by atoms with van der Waals surface area (Å²) in [6.07, 6.45) is 5.15. The molecule has 0 aromatic rings. The summed E-state index contributed by atoms with van der Waals surface area (Å²) in [4.78, 5) is 0. The lowest BCUT2D eigenvalue weighted by Gasteiger charge is -2.10. The van der Waals surface area contributed by atoms with Crippen molar-refractivity contribution < 1.29 is 0 Å². The monoisotopic (exact) mass is 128 g/mol. The minimum atomic E-state index is 0.424. The van der Waals surface area contributed by atoms with E-state index in [9.17, 15) is 0 Å². The molecule has 0 rings (SSSR count). The molecular weight excluding hydrogens is 112 g/mol. The number of nitrogens with one attached hydrogen (secondary N) is 1. The van der Waals surface area contributed by atoms with Crippen LogP contribution in [-0.4, -0.2) is 6.04 Å². The standard InChI is InChI=1S/C7H16N2/c1-3-5-7(9-8)6-4-2/h3,7,9H,1,4-6,8H2,2H3. The summed E-state index contributed by atoms with van der Waals surface area (Å²) in [6.45, 7) is 5.78. The van der Waals surface area contributed by atoms with Crippen molar-refractivity contribution in [2.45, 2.75) is 32.2 Å². The van der Waals surface area contributed by atoms with Gasteiger partial charge in [-0.15, -0.1) is 6.58 Å². The molecule has 2 nitrogen and oxygen atoms in total. The molecule has 0 amide bonds. The van der Waals surface area contributed by atoms with Crippen molar-refractivity contribution in [3.8, 4) is 0 Å². The Balaban J connectivity index is 3.28. The third-order valence-corrected chi connectivity index (χ3v) is 1.32. The molecule has 0 bridgehead atoms. The Morgan fingerprint density at radius 3 is 2.78 bits per heavy atom. The molecule has 0 spiro atoms. The fraction of sp³-hybridized carbons (Fsp3) is 0.714. The van der Waals surface area contributed by atoms with Crippen LogP contribution in [0.25, 0.3) is 0 Å². The van der Waals surface area contributed by atoms with Gasteiger partial charge in [-0.2, -0.15) is 0 Å². The molecule has 0 radical (unpaired) electrons. The summed E-state index contributed by atoms with van der Waals surface area (Å²) in [5.41, 5.74) is 2.73. The predicted octanol–water partition coefficient (Wildman–Crippen LogP) is 1.19. The lowest BCUT2D eigenvalue weighted by molar-refractivity contribution is 0.493. The fourth-order valence-corrected chi connectivity index (χ4v) is 0.819. The van der Waals surface area contributed by atoms with Gasteiger partial charge in [0, 0.05) is 6.04 Å². The van der Waals surface area contributed by atoms with Gasteiger partial charge in [-0.1, -0.05) is 19.4 Å². The van der Waals surface area contributed by atoms with Crippen molar-refractivity contribution in [1.29, 1.82) is 0 Å². The highest BCUT2D eigenvalue weighted by Crippen LogP contribution is 1.99. The van der Waals surface area contributed by atoms with Crippen LogP contribution in [0.2, 0.25) is 0 Å². The van der Waals surface area contributed by atoms with E-state index in [1.54, 1.807) is 0 Å². The van der Waals surface area contributed by atoms with Gasteiger partial charge in [-0.25, -0.2) is 0 Å². The number of hydrogen-bond acceptors (Lipinski definition) is 2. The maximum atomic E-state index is 5.25. The maximum absolute atomic E-state index is 5.25. The van der Waals surface area contributed by atoms with Crippen LogP contribution in [0.1, 0.15) is 26.2 Å². The number of rotatable bonds is 5. The highest BCUT2D eigenvalue weighted by Gasteiger charge is 1.99. The number of hydrazine groups is 1. The van der Waals surface area contributed by atoms with Crippen molar-refractivity contribution >= 4 is 0 Å². The molecule has 0 aliphatic heterocycles. The highest BCUT2D eigenvalue weighted by molar-refractivity contribution is 4.75. The Hall–Kier alpha value is -0.340. The molecule has 9 heavy (non-hydrogen) atoms. The van der Waals surface area contributed by atoms with E-state index in [0.717, 1.165) is 12.8 Å². The number of hydrogen-bond donors (Lipinski definition) is 2. The summed E-state index contributed by atoms with van der Waals surface area (Å²) in [5.74, 6) is 5.25. The smallest absolute Gasteiger partial charge is 0.0244 e. The maximum Gasteiger partial charge on any atom is 0.0244 e. The van der Waals surface area contributed by atoms with Crippen molar-refractivity contribution in [3.05, 3.63) is 12.7 Å². The van der Waals surface area contributed by atoms with Gasteiger partial charge in [-0.05, 0) is 12.8 Å². The molecule has 0 aliphatic rings. The first kappa shape index (κ1) is 8.66. The summed E-state index contributed by atoms with van der Waals surface area (Å²) >= 11 is 0. The minimum Gasteiger partial charge on any atom is -0.271 e. The van der Waals surface area contributed by atoms with E-state index in [0.29, 0.717) is 6.04 Å². The molecule has 0 saturated carbocycles. The first-order valence-corrected chi connectivity index (χ1v) is 3.42. The number of nitrogens with two attached hydrogens (primary N) is 1. The summed E-state index contributed by atoms with van der Waals surface area (Å²) in [5, 5.41) is 0. The van der Waals surface area contributed by atoms with Crippen LogP contribution < -0.4 is 11.3 Å². The topological polar surface area (TPSA) is 38.0 Å². The van der Waals surface area contributed by atoms with Crippen molar-refractivity contribution in [2.24, 2.45) is 5.84 Å². The van der Waals surface area contributed by atoms with Crippen LogP contribution in [-0.2, 0) is 0 Å². The average molecular weight is 128 g/mol. The molecule has 0 aromatic heterocycles. The zero-order valence-corrected chi connectivity index (χ0v) is 6.06. The largest absolute Gasteiger partial charge is 0.271 e. The normalized spacial score (nSPS) is 13.1. The van der Waals surface area contributed by atoms with Gasteiger partial charge in [-0.3, -0.25) is 11.3 Å². The molecule has 0 aromatic carbocycles. The van der Waals surface area contributed by atoms with Crippen LogP contribution in [0.5, 0.6) is 0 Å². The molecule has 1 unspecified atom stereocenters. The second-order valence-electron chi connectivity index (χ2n) is 2.18. The van der Waals surface area contributed by atoms with Gasteiger partial charge < -0.3 is 0 Å². The van der Waals surface area contributed by atoms with E-state index in [1.807, 2.05) is 6.08 Å². The Bertz CT molecular complexity index is 71.3. The Kier molecular flexibility index (Phi) is 5.57. The van der Waals surface area contributed by atoms with Crippen molar-refractivity contribution in [3.63, 3.8) is 0 Å². The average Bonchev–Trinajstić information content (AvgIpc) is 1.88. The zero-order valence-electron chi connectivity index (χ0n) is 6.06. The quantitative estimate of drug-likeness (QED) is 0.331. The van der Waals surface area contributed by atoms with E-state index in [4.69, 9.17) is 5.84 Å². The molecular formula is C7H16N2. The predicted molar refractivity (Wildman–Crippen MR) is 40.8 cm³/mol. The molecule has 1 atom stereocenters. The van der Waals surface area contributed by atoms with Crippen molar-refractivity contribution in [2.75, 3.05) is 0 Å². The van der Waals surface area contributed by atoms with Gasteiger partial charge >= 0.3 is 0 Å². The van der Waals surface area contributed by atoms with Gasteiger partial charge in [0.2, 0.25) is 0 Å². The SMILES string of the molecule is C=CCC(CCC)NN. The van der Waals surface area contributed by atoms with Gasteiger partial charge in [0.25, 0.3) is 0 Å². The molecule has 54 valence electrons. The second-order valence-corrected chi connectivity index (χ2v) is 2.18. The molecule has 3 N–H and O–H groups in total. The van der Waals surface area contributed by atoms with E-state index in [-0.39, 0.29) is 0 Å². The van der Waals surface area contributed by atoms with Crippen LogP contribution in [0.3, 0.4) is 0 Å². The molecule has 2 heteroatoms. The van der Waals surface area contributed by atoms with E-state index >= 15 is 0 Å². The lowest BCUT2D eigenvalue weighted by Crippen LogP contribution is -2.34. The third kappa shape index (κ3) is 4.18. The van der Waals surface area contributed by atoms with Crippen LogP contribution >= 0.6 is 0 Å². The Labute approximate surface area is 57.1 Å². The first-order valence-electron chi connectivity index (χ1n) is 3.42. The first-order chi connectivity index (χ1) is 4.35. The Morgan fingerprint density at radius 1 is 1.78 bits per heavy atom. The molecule has 0 fully saturated rings. The zero-order chi connectivity index (χ0) is 7.11.